The summed E-state index contributed by atoms with van der Waals surface area (Å²) in [7, 11) is -0.408. The van der Waals surface area contributed by atoms with Crippen LogP contribution in [0.2, 0.25) is 0 Å². The zero-order valence-corrected chi connectivity index (χ0v) is 39.1. The highest BCUT2D eigenvalue weighted by molar-refractivity contribution is 9.10. The number of anilines is 3. The van der Waals surface area contributed by atoms with Crippen molar-refractivity contribution in [3.63, 3.8) is 0 Å². The molecule has 1 saturated heterocycles. The number of pyridine rings is 2. The number of rotatable bonds is 9. The molecule has 4 aromatic carbocycles. The van der Waals surface area contributed by atoms with Crippen LogP contribution in [0, 0.1) is 5.41 Å². The fraction of sp³-hybridized carbons (Fsp3) is 0.216. The van der Waals surface area contributed by atoms with E-state index in [-0.39, 0.29) is 30.7 Å². The number of nitrogen functional groups attached to an aromatic ring is 1. The number of benzene rings is 4. The lowest BCUT2D eigenvalue weighted by molar-refractivity contribution is 0.00578. The van der Waals surface area contributed by atoms with E-state index >= 15 is 0 Å². The molecule has 2 atom stereocenters. The number of H-pyrrole nitrogens is 1. The summed E-state index contributed by atoms with van der Waals surface area (Å²) in [6.07, 6.45) is 9.60. The first-order valence-electron chi connectivity index (χ1n) is 21.5. The zero-order chi connectivity index (χ0) is 46.4. The lowest BCUT2D eigenvalue weighted by Gasteiger charge is -2.32. The van der Waals surface area contributed by atoms with Gasteiger partial charge in [-0.05, 0) is 116 Å². The van der Waals surface area contributed by atoms with Crippen LogP contribution < -0.4 is 21.8 Å². The monoisotopic (exact) mass is 956 g/mol. The van der Waals surface area contributed by atoms with E-state index in [0.717, 1.165) is 65.5 Å². The molecule has 2 unspecified atom stereocenters. The van der Waals surface area contributed by atoms with E-state index in [9.17, 15) is 0 Å². The summed E-state index contributed by atoms with van der Waals surface area (Å²) in [4.78, 5) is 26.1. The number of aromatic nitrogens is 8. The molecule has 0 amide bonds. The summed E-state index contributed by atoms with van der Waals surface area (Å²) in [5, 5.41) is 23.8. The summed E-state index contributed by atoms with van der Waals surface area (Å²) in [6.45, 7) is 12.5. The average molecular weight is 958 g/mol. The van der Waals surface area contributed by atoms with Gasteiger partial charge in [-0.1, -0.05) is 80.2 Å². The number of nitrogens with two attached hydrogens (primary N) is 1. The molecule has 1 aliphatic heterocycles. The van der Waals surface area contributed by atoms with Gasteiger partial charge in [-0.15, -0.1) is 0 Å². The first kappa shape index (κ1) is 47.8. The third-order valence-corrected chi connectivity index (χ3v) is 12.3. The lowest BCUT2D eigenvalue weighted by Crippen LogP contribution is -2.41. The van der Waals surface area contributed by atoms with Gasteiger partial charge in [0.25, 0.3) is 0 Å². The molecule has 10 rings (SSSR count). The Kier molecular flexibility index (Phi) is 14.7. The zero-order valence-electron chi connectivity index (χ0n) is 37.5. The summed E-state index contributed by atoms with van der Waals surface area (Å²) < 4.78 is 13.2. The number of nitrogens with zero attached hydrogens (tertiary/aromatic N) is 7. The van der Waals surface area contributed by atoms with Crippen LogP contribution in [-0.2, 0) is 9.31 Å². The molecule has 0 saturated carbocycles. The van der Waals surface area contributed by atoms with Gasteiger partial charge in [0.15, 0.2) is 5.65 Å². The second-order valence-corrected chi connectivity index (χ2v) is 17.8. The smallest absolute Gasteiger partial charge is 0.399 e. The molecule has 0 bridgehead atoms. The molecule has 67 heavy (non-hydrogen) atoms. The Morgan fingerprint density at radius 1 is 0.672 bits per heavy atom. The van der Waals surface area contributed by atoms with Crippen molar-refractivity contribution in [3.8, 4) is 11.1 Å². The van der Waals surface area contributed by atoms with Crippen LogP contribution in [0.3, 0.4) is 0 Å². The Morgan fingerprint density at radius 2 is 1.24 bits per heavy atom. The third-order valence-electron chi connectivity index (χ3n) is 11.8. The van der Waals surface area contributed by atoms with Crippen LogP contribution in [0.15, 0.2) is 145 Å². The van der Waals surface area contributed by atoms with Gasteiger partial charge in [0, 0.05) is 62.5 Å². The van der Waals surface area contributed by atoms with E-state index < -0.39 is 7.12 Å². The molecule has 0 spiro atoms. The molecule has 6 N–H and O–H groups in total. The van der Waals surface area contributed by atoms with Gasteiger partial charge >= 0.3 is 7.12 Å². The maximum absolute atomic E-state index is 6.92. The standard InChI is InChI=1S/C22H26BN3O2.C22H18N6.C6H6BrN3.CH4/c1-15(16-9-7-6-8-10-16)26-20-18-13-17(11-12-19(18)24-14-25-20)23-27-21(2,3)22(4,5)28-23;1-14(15-5-3-2-4-6-15)27-22-19-10-16(7-8-20(19)24-13-25-22)17-9-18-12-26-28-21(18)23-11-17;7-5-1-4(2-8)6(9)10-3-5;/h6-15H,1-5H3,(H,24,25,26);2-14H,1H3,(H,23,26,28)(H,24,25,27);1-3,8H,(H2,9,10);1H4. The lowest BCUT2D eigenvalue weighted by atomic mass is 9.78. The van der Waals surface area contributed by atoms with Crippen molar-refractivity contribution in [2.75, 3.05) is 16.4 Å². The van der Waals surface area contributed by atoms with E-state index in [1.54, 1.807) is 31.1 Å². The molecule has 9 aromatic rings. The Hall–Kier alpha value is -7.14. The summed E-state index contributed by atoms with van der Waals surface area (Å²) >= 11 is 3.22. The highest BCUT2D eigenvalue weighted by Gasteiger charge is 2.51. The van der Waals surface area contributed by atoms with Crippen LogP contribution in [0.1, 0.15) is 77.7 Å². The van der Waals surface area contributed by atoms with Gasteiger partial charge < -0.3 is 31.1 Å². The van der Waals surface area contributed by atoms with Crippen molar-refractivity contribution in [1.29, 1.82) is 5.41 Å². The molecule has 5 aromatic heterocycles. The highest BCUT2D eigenvalue weighted by atomic mass is 79.9. The first-order chi connectivity index (χ1) is 31.8. The van der Waals surface area contributed by atoms with Crippen LogP contribution in [-0.4, -0.2) is 64.6 Å². The predicted molar refractivity (Wildman–Crippen MR) is 276 cm³/mol. The van der Waals surface area contributed by atoms with Crippen molar-refractivity contribution in [2.24, 2.45) is 0 Å². The van der Waals surface area contributed by atoms with Crippen LogP contribution in [0.25, 0.3) is 44.0 Å². The number of nitrogens with one attached hydrogen (secondary N) is 4. The Balaban J connectivity index is 0.000000163. The van der Waals surface area contributed by atoms with E-state index in [4.69, 9.17) is 20.5 Å². The molecule has 340 valence electrons. The Morgan fingerprint density at radius 3 is 1.81 bits per heavy atom. The van der Waals surface area contributed by atoms with Crippen molar-refractivity contribution in [2.45, 2.75) is 72.3 Å². The molecule has 14 nitrogen and oxygen atoms in total. The molecule has 1 fully saturated rings. The number of halogens is 1. The molecule has 6 heterocycles. The maximum atomic E-state index is 6.92. The SMILES string of the molecule is C.CC(Nc1ncnc2ccc(-c3cnc4[nH]ncc4c3)cc12)c1ccccc1.CC(Nc1ncnc2ccc(B3OC(C)(C)C(C)(C)O3)cc12)c1ccccc1.N=Cc1cc(Br)cnc1N. The number of hydrogen-bond donors (Lipinski definition) is 5. The van der Waals surface area contributed by atoms with Crippen LogP contribution in [0.4, 0.5) is 17.5 Å². The Bertz CT molecular complexity index is 3100. The molecular formula is C51H54BBrN12O2. The number of aromatic amines is 1. The summed E-state index contributed by atoms with van der Waals surface area (Å²) in [5.41, 5.74) is 13.4. The van der Waals surface area contributed by atoms with E-state index in [2.05, 4.69) is 157 Å². The highest BCUT2D eigenvalue weighted by Crippen LogP contribution is 2.37. The Labute approximate surface area is 399 Å². The van der Waals surface area contributed by atoms with Crippen molar-refractivity contribution in [3.05, 3.63) is 162 Å². The third kappa shape index (κ3) is 10.9. The first-order valence-corrected chi connectivity index (χ1v) is 22.3. The summed E-state index contributed by atoms with van der Waals surface area (Å²) in [6, 6.07) is 37.0. The molecule has 0 aliphatic carbocycles. The van der Waals surface area contributed by atoms with Crippen LogP contribution in [0.5, 0.6) is 0 Å². The largest absolute Gasteiger partial charge is 0.494 e. The van der Waals surface area contributed by atoms with Crippen molar-refractivity contribution < 1.29 is 9.31 Å². The number of fused-ring (bicyclic) bond motifs is 3. The fourth-order valence-corrected chi connectivity index (χ4v) is 7.65. The minimum atomic E-state index is -0.408. The second kappa shape index (κ2) is 20.6. The molecule has 0 radical (unpaired) electrons. The minimum Gasteiger partial charge on any atom is -0.399 e. The van der Waals surface area contributed by atoms with Gasteiger partial charge in [-0.25, -0.2) is 29.9 Å². The van der Waals surface area contributed by atoms with Crippen molar-refractivity contribution >= 4 is 85.0 Å². The van der Waals surface area contributed by atoms with Gasteiger partial charge in [-0.2, -0.15) is 5.10 Å². The van der Waals surface area contributed by atoms with Crippen molar-refractivity contribution in [1.82, 2.24) is 40.1 Å². The average Bonchev–Trinajstić information content (AvgIpc) is 3.90. The van der Waals surface area contributed by atoms with Gasteiger partial charge in [0.2, 0.25) is 0 Å². The molecular weight excluding hydrogens is 903 g/mol. The van der Waals surface area contributed by atoms with E-state index in [1.807, 2.05) is 60.8 Å². The van der Waals surface area contributed by atoms with E-state index in [0.29, 0.717) is 11.4 Å². The molecule has 1 aliphatic rings. The van der Waals surface area contributed by atoms with Gasteiger partial charge in [0.05, 0.1) is 28.4 Å². The van der Waals surface area contributed by atoms with E-state index in [1.165, 1.54) is 17.3 Å². The topological polar surface area (TPSA) is 198 Å². The van der Waals surface area contributed by atoms with Crippen LogP contribution >= 0.6 is 15.9 Å². The maximum Gasteiger partial charge on any atom is 0.494 e. The normalized spacial score (nSPS) is 14.5. The predicted octanol–water partition coefficient (Wildman–Crippen LogP) is 10.9. The van der Waals surface area contributed by atoms with Gasteiger partial charge in [0.1, 0.15) is 30.1 Å². The second-order valence-electron chi connectivity index (χ2n) is 16.9. The quantitative estimate of drug-likeness (QED) is 0.0679. The summed E-state index contributed by atoms with van der Waals surface area (Å²) in [5.74, 6) is 2.01. The fourth-order valence-electron chi connectivity index (χ4n) is 7.30. The van der Waals surface area contributed by atoms with Gasteiger partial charge in [-0.3, -0.25) is 5.10 Å². The number of hydrogen-bond acceptors (Lipinski definition) is 13. The molecule has 16 heteroatoms. The minimum absolute atomic E-state index is 0.